The molecule has 0 radical (unpaired) electrons. The molecule has 0 aliphatic carbocycles. The monoisotopic (exact) mass is 560 g/mol. The molecule has 10 heteroatoms. The van der Waals surface area contributed by atoms with Gasteiger partial charge < -0.3 is 23.5 Å². The second-order valence-electron chi connectivity index (χ2n) is 10.3. The topological polar surface area (TPSA) is 104 Å². The van der Waals surface area contributed by atoms with Crippen LogP contribution in [0.2, 0.25) is 0 Å². The first-order valence-corrected chi connectivity index (χ1v) is 13.7. The summed E-state index contributed by atoms with van der Waals surface area (Å²) in [5.74, 6) is 2.37. The van der Waals surface area contributed by atoms with Crippen molar-refractivity contribution in [2.45, 2.75) is 32.4 Å². The maximum Gasteiger partial charge on any atom is 0.271 e. The Kier molecular flexibility index (Phi) is 8.58. The Balaban J connectivity index is 1.30. The Bertz CT molecular complexity index is 1480. The minimum Gasteiger partial charge on any atom is -0.494 e. The number of hydrazone groups is 1. The van der Waals surface area contributed by atoms with E-state index in [0.717, 1.165) is 55.2 Å². The average Bonchev–Trinajstić information content (AvgIpc) is 2.98. The van der Waals surface area contributed by atoms with E-state index >= 15 is 0 Å². The van der Waals surface area contributed by atoms with Gasteiger partial charge in [-0.2, -0.15) is 5.10 Å². The van der Waals surface area contributed by atoms with E-state index in [2.05, 4.69) is 21.5 Å². The van der Waals surface area contributed by atoms with E-state index in [9.17, 15) is 9.59 Å². The first-order chi connectivity index (χ1) is 19.9. The summed E-state index contributed by atoms with van der Waals surface area (Å²) in [6.07, 6.45) is 2.72. The second-order valence-corrected chi connectivity index (χ2v) is 10.3. The number of nitrogens with zero attached hydrogens (tertiary/aromatic N) is 3. The molecule has 1 N–H and O–H groups in total. The van der Waals surface area contributed by atoms with E-state index in [-0.39, 0.29) is 5.56 Å². The Morgan fingerprint density at radius 3 is 2.49 bits per heavy atom. The fourth-order valence-corrected chi connectivity index (χ4v) is 5.91. The molecule has 2 aromatic carbocycles. The van der Waals surface area contributed by atoms with Crippen molar-refractivity contribution in [3.05, 3.63) is 81.3 Å². The number of fused-ring (bicyclic) bond motifs is 4. The molecule has 2 aliphatic heterocycles. The van der Waals surface area contributed by atoms with Gasteiger partial charge in [-0.3, -0.25) is 14.5 Å². The number of aromatic nitrogens is 1. The number of hydrogen-bond acceptors (Lipinski definition) is 8. The Morgan fingerprint density at radius 2 is 1.78 bits per heavy atom. The lowest BCUT2D eigenvalue weighted by Crippen LogP contribution is -2.46. The van der Waals surface area contributed by atoms with Crippen LogP contribution in [0, 0.1) is 5.92 Å². The summed E-state index contributed by atoms with van der Waals surface area (Å²) >= 11 is 0. The molecule has 1 fully saturated rings. The van der Waals surface area contributed by atoms with E-state index in [1.54, 1.807) is 24.4 Å². The summed E-state index contributed by atoms with van der Waals surface area (Å²) in [5.41, 5.74) is 6.01. The zero-order valence-electron chi connectivity index (χ0n) is 23.9. The molecule has 5 rings (SSSR count). The summed E-state index contributed by atoms with van der Waals surface area (Å²) in [6, 6.07) is 14.6. The van der Waals surface area contributed by atoms with Crippen molar-refractivity contribution in [1.82, 2.24) is 14.9 Å². The molecule has 0 spiro atoms. The van der Waals surface area contributed by atoms with Crippen LogP contribution in [0.5, 0.6) is 23.0 Å². The van der Waals surface area contributed by atoms with Crippen molar-refractivity contribution in [1.29, 1.82) is 0 Å². The molecule has 3 aromatic rings. The van der Waals surface area contributed by atoms with E-state index in [0.29, 0.717) is 41.3 Å². The van der Waals surface area contributed by atoms with Crippen molar-refractivity contribution >= 4 is 12.1 Å². The van der Waals surface area contributed by atoms with Gasteiger partial charge in [-0.25, -0.2) is 5.43 Å². The van der Waals surface area contributed by atoms with Gasteiger partial charge in [-0.15, -0.1) is 0 Å². The largest absolute Gasteiger partial charge is 0.494 e. The van der Waals surface area contributed by atoms with Crippen LogP contribution in [0.15, 0.2) is 58.4 Å². The quantitative estimate of drug-likeness (QED) is 0.298. The van der Waals surface area contributed by atoms with Gasteiger partial charge in [0.25, 0.3) is 11.5 Å². The van der Waals surface area contributed by atoms with Crippen LogP contribution in [-0.2, 0) is 13.1 Å². The van der Waals surface area contributed by atoms with Crippen LogP contribution in [0.3, 0.4) is 0 Å². The van der Waals surface area contributed by atoms with Gasteiger partial charge in [0.1, 0.15) is 5.75 Å². The zero-order valence-corrected chi connectivity index (χ0v) is 23.9. The van der Waals surface area contributed by atoms with Crippen molar-refractivity contribution in [3.63, 3.8) is 0 Å². The Labute approximate surface area is 239 Å². The molecule has 3 heterocycles. The molecule has 1 aromatic heterocycles. The molecule has 0 saturated carbocycles. The van der Waals surface area contributed by atoms with Gasteiger partial charge in [-0.1, -0.05) is 6.07 Å². The van der Waals surface area contributed by atoms with E-state index in [4.69, 9.17) is 18.9 Å². The third kappa shape index (κ3) is 6.07. The van der Waals surface area contributed by atoms with Crippen LogP contribution in [0.4, 0.5) is 0 Å². The highest BCUT2D eigenvalue weighted by atomic mass is 16.5. The Hall–Kier alpha value is -4.31. The number of pyridine rings is 1. The van der Waals surface area contributed by atoms with Gasteiger partial charge in [0, 0.05) is 55.0 Å². The minimum atomic E-state index is -0.411. The highest BCUT2D eigenvalue weighted by Gasteiger charge is 2.34. The first-order valence-electron chi connectivity index (χ1n) is 13.7. The number of rotatable bonds is 10. The maximum absolute atomic E-state index is 12.8. The number of ether oxygens (including phenoxy) is 4. The van der Waals surface area contributed by atoms with E-state index in [1.165, 1.54) is 21.3 Å². The minimum absolute atomic E-state index is 0.0913. The highest BCUT2D eigenvalue weighted by molar-refractivity contribution is 5.96. The number of amides is 1. The van der Waals surface area contributed by atoms with Crippen molar-refractivity contribution < 1.29 is 23.7 Å². The molecule has 2 bridgehead atoms. The van der Waals surface area contributed by atoms with Crippen LogP contribution >= 0.6 is 0 Å². The predicted octanol–water partition coefficient (Wildman–Crippen LogP) is 3.66. The van der Waals surface area contributed by atoms with Crippen molar-refractivity contribution in [3.8, 4) is 23.0 Å². The summed E-state index contributed by atoms with van der Waals surface area (Å²) in [6.45, 7) is 5.82. The number of piperidine rings is 1. The number of methoxy groups -OCH3 is 3. The zero-order chi connectivity index (χ0) is 28.9. The van der Waals surface area contributed by atoms with Gasteiger partial charge >= 0.3 is 0 Å². The van der Waals surface area contributed by atoms with Crippen LogP contribution in [0.25, 0.3) is 0 Å². The standard InChI is InChI=1S/C31H36N4O6/c1-5-41-26-10-9-20(15-32-33-31(37)22-13-27(38-2)30(40-4)28(14-22)39-3)11-24(26)19-34-16-21-12-23(18-34)25-7-6-8-29(36)35(25)17-21/h6-11,13-15,21,23H,5,12,16-19H2,1-4H3,(H,33,37)/b32-15+. The number of benzene rings is 2. The SMILES string of the molecule is CCOc1ccc(/C=N/NC(=O)c2cc(OC)c(OC)c(OC)c2)cc1CN1CC2CC(C1)c1cccc(=O)n1C2. The molecule has 1 saturated heterocycles. The lowest BCUT2D eigenvalue weighted by atomic mass is 9.83. The fourth-order valence-electron chi connectivity index (χ4n) is 5.91. The average molecular weight is 561 g/mol. The van der Waals surface area contributed by atoms with Gasteiger partial charge in [0.2, 0.25) is 5.75 Å². The van der Waals surface area contributed by atoms with Crippen LogP contribution < -0.4 is 29.9 Å². The number of nitrogens with one attached hydrogen (secondary N) is 1. The predicted molar refractivity (Wildman–Crippen MR) is 156 cm³/mol. The van der Waals surface area contributed by atoms with Crippen molar-refractivity contribution in [2.24, 2.45) is 11.0 Å². The molecule has 2 atom stereocenters. The summed E-state index contributed by atoms with van der Waals surface area (Å²) in [4.78, 5) is 27.7. The molecule has 2 aliphatic rings. The smallest absolute Gasteiger partial charge is 0.271 e. The third-order valence-corrected chi connectivity index (χ3v) is 7.64. The lowest BCUT2D eigenvalue weighted by Gasteiger charge is -2.43. The van der Waals surface area contributed by atoms with E-state index in [1.807, 2.05) is 35.8 Å². The first kappa shape index (κ1) is 28.2. The lowest BCUT2D eigenvalue weighted by molar-refractivity contribution is 0.0954. The molecule has 41 heavy (non-hydrogen) atoms. The summed E-state index contributed by atoms with van der Waals surface area (Å²) < 4.78 is 23.9. The van der Waals surface area contributed by atoms with Gasteiger partial charge in [0.15, 0.2) is 11.5 Å². The van der Waals surface area contributed by atoms with Crippen LogP contribution in [-0.4, -0.2) is 62.6 Å². The molecule has 10 nitrogen and oxygen atoms in total. The fraction of sp³-hybridized carbons (Fsp3) is 0.387. The maximum atomic E-state index is 12.8. The van der Waals surface area contributed by atoms with Crippen LogP contribution in [0.1, 0.15) is 46.4 Å². The van der Waals surface area contributed by atoms with E-state index < -0.39 is 5.91 Å². The highest BCUT2D eigenvalue weighted by Crippen LogP contribution is 2.38. The number of likely N-dealkylation sites (tertiary alicyclic amines) is 1. The molecule has 2 unspecified atom stereocenters. The molecule has 1 amide bonds. The van der Waals surface area contributed by atoms with Gasteiger partial charge in [0.05, 0.1) is 34.2 Å². The molecule has 216 valence electrons. The normalized spacial score (nSPS) is 18.0. The van der Waals surface area contributed by atoms with Crippen molar-refractivity contribution in [2.75, 3.05) is 41.0 Å². The third-order valence-electron chi connectivity index (χ3n) is 7.64. The number of carbonyl (C=O) groups excluding carboxylic acids is 1. The number of hydrogen-bond donors (Lipinski definition) is 1. The second kappa shape index (κ2) is 12.5. The molecular weight excluding hydrogens is 524 g/mol. The summed E-state index contributed by atoms with van der Waals surface area (Å²) in [5, 5.41) is 4.19. The van der Waals surface area contributed by atoms with Gasteiger partial charge in [-0.05, 0) is 61.2 Å². The molecular formula is C31H36N4O6. The Morgan fingerprint density at radius 1 is 1.00 bits per heavy atom. The summed E-state index contributed by atoms with van der Waals surface area (Å²) in [7, 11) is 4.50. The number of carbonyl (C=O) groups is 1.